The molecule has 0 aliphatic carbocycles. The van der Waals surface area contributed by atoms with Gasteiger partial charge in [0.1, 0.15) is 11.3 Å². The molecule has 0 saturated heterocycles. The monoisotopic (exact) mass is 335 g/mol. The zero-order valence-electron chi connectivity index (χ0n) is 12.2. The molecule has 114 valence electrons. The van der Waals surface area contributed by atoms with E-state index >= 15 is 0 Å². The van der Waals surface area contributed by atoms with E-state index < -0.39 is 6.09 Å². The molecule has 1 N–H and O–H groups in total. The molecule has 2 heterocycles. The van der Waals surface area contributed by atoms with Crippen molar-refractivity contribution in [2.24, 2.45) is 0 Å². The first-order valence-corrected chi connectivity index (χ1v) is 8.07. The molecule has 3 aromatic rings. The molecule has 0 radical (unpaired) electrons. The number of anilines is 1. The summed E-state index contributed by atoms with van der Waals surface area (Å²) in [7, 11) is 2.90. The van der Waals surface area contributed by atoms with Crippen LogP contribution < -0.4 is 10.1 Å². The van der Waals surface area contributed by atoms with Gasteiger partial charge in [-0.1, -0.05) is 11.3 Å². The number of hydrogen-bond donors (Lipinski definition) is 1. The van der Waals surface area contributed by atoms with Crippen molar-refractivity contribution in [3.8, 4) is 17.0 Å². The summed E-state index contributed by atoms with van der Waals surface area (Å²) in [5.41, 5.74) is 2.56. The SMILES string of the molecule is COC(=O)Nc1nc2c(OC)ccc(-c3csc(C)n3)c2s1. The van der Waals surface area contributed by atoms with Gasteiger partial charge in [0.05, 0.1) is 29.6 Å². The molecule has 1 amide bonds. The van der Waals surface area contributed by atoms with Crippen LogP contribution in [0.5, 0.6) is 5.75 Å². The normalized spacial score (nSPS) is 10.7. The van der Waals surface area contributed by atoms with E-state index in [1.54, 1.807) is 18.4 Å². The van der Waals surface area contributed by atoms with Crippen LogP contribution in [0.15, 0.2) is 17.5 Å². The zero-order valence-corrected chi connectivity index (χ0v) is 13.8. The number of thiazole rings is 2. The number of ether oxygens (including phenoxy) is 2. The highest BCUT2D eigenvalue weighted by atomic mass is 32.1. The molecule has 0 aliphatic rings. The second-order valence-electron chi connectivity index (χ2n) is 4.38. The molecule has 0 atom stereocenters. The van der Waals surface area contributed by atoms with Crippen molar-refractivity contribution in [3.63, 3.8) is 0 Å². The molecule has 6 nitrogen and oxygen atoms in total. The van der Waals surface area contributed by atoms with E-state index in [0.29, 0.717) is 16.4 Å². The molecule has 22 heavy (non-hydrogen) atoms. The van der Waals surface area contributed by atoms with Crippen LogP contribution in [-0.2, 0) is 4.74 Å². The Hall–Kier alpha value is -2.19. The molecule has 0 saturated carbocycles. The Morgan fingerprint density at radius 3 is 2.73 bits per heavy atom. The van der Waals surface area contributed by atoms with Crippen molar-refractivity contribution < 1.29 is 14.3 Å². The van der Waals surface area contributed by atoms with Gasteiger partial charge >= 0.3 is 6.09 Å². The summed E-state index contributed by atoms with van der Waals surface area (Å²) in [6.07, 6.45) is -0.552. The molecule has 0 unspecified atom stereocenters. The molecule has 3 rings (SSSR count). The van der Waals surface area contributed by atoms with Crippen LogP contribution in [0.2, 0.25) is 0 Å². The third-order valence-electron chi connectivity index (χ3n) is 3.02. The molecule has 0 spiro atoms. The lowest BCUT2D eigenvalue weighted by molar-refractivity contribution is 0.187. The minimum atomic E-state index is -0.552. The van der Waals surface area contributed by atoms with Gasteiger partial charge in [-0.2, -0.15) is 0 Å². The van der Waals surface area contributed by atoms with Gasteiger partial charge < -0.3 is 9.47 Å². The fourth-order valence-electron chi connectivity index (χ4n) is 2.03. The average Bonchev–Trinajstić information content (AvgIpc) is 3.12. The molecular formula is C14H13N3O3S2. The molecule has 0 bridgehead atoms. The average molecular weight is 335 g/mol. The third kappa shape index (κ3) is 2.62. The second-order valence-corrected chi connectivity index (χ2v) is 6.44. The van der Waals surface area contributed by atoms with Crippen molar-refractivity contribution in [2.75, 3.05) is 19.5 Å². The van der Waals surface area contributed by atoms with Gasteiger partial charge in [-0.15, -0.1) is 11.3 Å². The number of fused-ring (bicyclic) bond motifs is 1. The summed E-state index contributed by atoms with van der Waals surface area (Å²) < 4.78 is 10.9. The van der Waals surface area contributed by atoms with E-state index in [1.165, 1.54) is 18.4 Å². The highest BCUT2D eigenvalue weighted by Crippen LogP contribution is 2.39. The van der Waals surface area contributed by atoms with Crippen LogP contribution in [0, 0.1) is 6.92 Å². The first-order valence-electron chi connectivity index (χ1n) is 6.37. The van der Waals surface area contributed by atoms with Gasteiger partial charge in [0.25, 0.3) is 0 Å². The molecule has 1 aromatic carbocycles. The van der Waals surface area contributed by atoms with Crippen LogP contribution in [-0.4, -0.2) is 30.3 Å². The maximum absolute atomic E-state index is 11.4. The van der Waals surface area contributed by atoms with E-state index in [9.17, 15) is 4.79 Å². The van der Waals surface area contributed by atoms with Gasteiger partial charge in [-0.05, 0) is 19.1 Å². The number of aryl methyl sites for hydroxylation is 1. The molecule has 2 aromatic heterocycles. The maximum atomic E-state index is 11.4. The lowest BCUT2D eigenvalue weighted by Gasteiger charge is -2.03. The number of methoxy groups -OCH3 is 2. The number of rotatable bonds is 3. The Morgan fingerprint density at radius 1 is 1.27 bits per heavy atom. The Bertz CT molecular complexity index is 841. The van der Waals surface area contributed by atoms with Crippen LogP contribution in [0.1, 0.15) is 5.01 Å². The van der Waals surface area contributed by atoms with E-state index in [0.717, 1.165) is 21.0 Å². The van der Waals surface area contributed by atoms with Crippen molar-refractivity contribution in [3.05, 3.63) is 22.5 Å². The predicted molar refractivity (Wildman–Crippen MR) is 88.0 cm³/mol. The van der Waals surface area contributed by atoms with Crippen LogP contribution in [0.4, 0.5) is 9.93 Å². The fraction of sp³-hybridized carbons (Fsp3) is 0.214. The van der Waals surface area contributed by atoms with E-state index in [1.807, 2.05) is 24.4 Å². The summed E-state index contributed by atoms with van der Waals surface area (Å²) in [5, 5.41) is 6.05. The summed E-state index contributed by atoms with van der Waals surface area (Å²) in [6, 6.07) is 3.81. The summed E-state index contributed by atoms with van der Waals surface area (Å²) in [4.78, 5) is 20.3. The smallest absolute Gasteiger partial charge is 0.413 e. The van der Waals surface area contributed by atoms with Gasteiger partial charge in [-0.25, -0.2) is 14.8 Å². The van der Waals surface area contributed by atoms with E-state index in [-0.39, 0.29) is 0 Å². The first kappa shape index (κ1) is 14.7. The van der Waals surface area contributed by atoms with E-state index in [2.05, 4.69) is 20.0 Å². The van der Waals surface area contributed by atoms with Crippen molar-refractivity contribution in [2.45, 2.75) is 6.92 Å². The first-order chi connectivity index (χ1) is 10.6. The molecular weight excluding hydrogens is 322 g/mol. The number of nitrogens with one attached hydrogen (secondary N) is 1. The fourth-order valence-corrected chi connectivity index (χ4v) is 3.63. The number of aromatic nitrogens is 2. The number of benzene rings is 1. The lowest BCUT2D eigenvalue weighted by atomic mass is 10.1. The molecule has 8 heteroatoms. The van der Waals surface area contributed by atoms with Gasteiger partial charge in [0, 0.05) is 10.9 Å². The highest BCUT2D eigenvalue weighted by Gasteiger charge is 2.16. The highest BCUT2D eigenvalue weighted by molar-refractivity contribution is 7.23. The topological polar surface area (TPSA) is 73.3 Å². The molecule has 0 aliphatic heterocycles. The summed E-state index contributed by atoms with van der Waals surface area (Å²) in [5.74, 6) is 0.653. The summed E-state index contributed by atoms with van der Waals surface area (Å²) in [6.45, 7) is 1.96. The zero-order chi connectivity index (χ0) is 15.7. The largest absolute Gasteiger partial charge is 0.494 e. The van der Waals surface area contributed by atoms with Crippen LogP contribution in [0.25, 0.3) is 21.5 Å². The minimum Gasteiger partial charge on any atom is -0.494 e. The Morgan fingerprint density at radius 2 is 2.09 bits per heavy atom. The predicted octanol–water partition coefficient (Wildman–Crippen LogP) is 3.92. The number of carbonyl (C=O) groups excluding carboxylic acids is 1. The van der Waals surface area contributed by atoms with Crippen LogP contribution >= 0.6 is 22.7 Å². The lowest BCUT2D eigenvalue weighted by Crippen LogP contribution is -2.10. The maximum Gasteiger partial charge on any atom is 0.413 e. The van der Waals surface area contributed by atoms with Gasteiger partial charge in [0.15, 0.2) is 5.13 Å². The van der Waals surface area contributed by atoms with Crippen molar-refractivity contribution in [1.82, 2.24) is 9.97 Å². The number of hydrogen-bond acceptors (Lipinski definition) is 7. The minimum absolute atomic E-state index is 0.458. The third-order valence-corrected chi connectivity index (χ3v) is 4.79. The Balaban J connectivity index is 2.15. The Kier molecular flexibility index (Phi) is 3.95. The number of carbonyl (C=O) groups is 1. The standard InChI is InChI=1S/C14H13N3O3S2/c1-7-15-9(6-21-7)8-4-5-10(19-2)11-12(8)22-13(16-11)17-14(18)20-3/h4-6H,1-3H3,(H,16,17,18). The summed E-state index contributed by atoms with van der Waals surface area (Å²) >= 11 is 2.95. The number of amides is 1. The van der Waals surface area contributed by atoms with Gasteiger partial charge in [0.2, 0.25) is 0 Å². The van der Waals surface area contributed by atoms with Crippen molar-refractivity contribution >= 4 is 44.1 Å². The second kappa shape index (κ2) is 5.90. The quantitative estimate of drug-likeness (QED) is 0.785. The van der Waals surface area contributed by atoms with Crippen molar-refractivity contribution in [1.29, 1.82) is 0 Å². The number of nitrogens with zero attached hydrogens (tertiary/aromatic N) is 2. The Labute approximate surface area is 134 Å². The van der Waals surface area contributed by atoms with Gasteiger partial charge in [-0.3, -0.25) is 5.32 Å². The molecule has 0 fully saturated rings. The van der Waals surface area contributed by atoms with Crippen LogP contribution in [0.3, 0.4) is 0 Å². The van der Waals surface area contributed by atoms with E-state index in [4.69, 9.17) is 4.74 Å².